The van der Waals surface area contributed by atoms with Crippen molar-refractivity contribution in [2.24, 2.45) is 5.73 Å². The molecule has 0 aliphatic heterocycles. The molecule has 1 heterocycles. The molecule has 0 radical (unpaired) electrons. The molecule has 0 saturated heterocycles. The second-order valence-corrected chi connectivity index (χ2v) is 1.37. The molecule has 0 aliphatic rings. The molecule has 0 spiro atoms. The second-order valence-electron chi connectivity index (χ2n) is 1.37. The van der Waals surface area contributed by atoms with Crippen molar-refractivity contribution in [3.05, 3.63) is 24.2 Å². The average molecular weight is 109 g/mol. The number of nitrogens with zero attached hydrogens (tertiary/aromatic N) is 1. The van der Waals surface area contributed by atoms with E-state index in [1.54, 1.807) is 12.3 Å². The van der Waals surface area contributed by atoms with Crippen LogP contribution in [0, 0.1) is 0 Å². The first-order valence-corrected chi connectivity index (χ1v) is 2.31. The Morgan fingerprint density at radius 2 is 2.62 bits per heavy atom. The molecule has 3 N–H and O–H groups in total. The summed E-state index contributed by atoms with van der Waals surface area (Å²) < 4.78 is 0. The monoisotopic (exact) mass is 109 g/mol. The van der Waals surface area contributed by atoms with Crippen LogP contribution in [0.4, 0.5) is 0 Å². The van der Waals surface area contributed by atoms with Gasteiger partial charge in [-0.05, 0) is 18.3 Å². The number of aromatic amines is 1. The van der Waals surface area contributed by atoms with Crippen molar-refractivity contribution >= 4 is 6.08 Å². The first kappa shape index (κ1) is 4.90. The molecule has 0 fully saturated rings. The van der Waals surface area contributed by atoms with Gasteiger partial charge in [0.05, 0.1) is 5.69 Å². The van der Waals surface area contributed by atoms with E-state index in [-0.39, 0.29) is 0 Å². The van der Waals surface area contributed by atoms with Gasteiger partial charge in [0, 0.05) is 6.20 Å². The fourth-order valence-electron chi connectivity index (χ4n) is 0.463. The van der Waals surface area contributed by atoms with Crippen LogP contribution in [0.3, 0.4) is 0 Å². The highest BCUT2D eigenvalue weighted by atomic mass is 15.1. The van der Waals surface area contributed by atoms with Crippen LogP contribution >= 0.6 is 0 Å². The van der Waals surface area contributed by atoms with Gasteiger partial charge in [-0.25, -0.2) is 0 Å². The van der Waals surface area contributed by atoms with Gasteiger partial charge in [-0.15, -0.1) is 0 Å². The highest BCUT2D eigenvalue weighted by Gasteiger charge is 1.80. The summed E-state index contributed by atoms with van der Waals surface area (Å²) in [5.41, 5.74) is 6.02. The smallest absolute Gasteiger partial charge is 0.0592 e. The maximum Gasteiger partial charge on any atom is 0.0592 e. The van der Waals surface area contributed by atoms with E-state index in [1.807, 2.05) is 6.07 Å². The minimum Gasteiger partial charge on any atom is -0.405 e. The molecule has 1 rings (SSSR count). The van der Waals surface area contributed by atoms with E-state index >= 15 is 0 Å². The summed E-state index contributed by atoms with van der Waals surface area (Å²) in [6.45, 7) is 0. The lowest BCUT2D eigenvalue weighted by molar-refractivity contribution is 1.08. The number of hydrogen-bond donors (Lipinski definition) is 2. The Kier molecular flexibility index (Phi) is 1.32. The second kappa shape index (κ2) is 2.16. The number of H-pyrrole nitrogens is 1. The van der Waals surface area contributed by atoms with Gasteiger partial charge in [-0.1, -0.05) is 0 Å². The highest BCUT2D eigenvalue weighted by molar-refractivity contribution is 5.41. The Labute approximate surface area is 47.2 Å². The van der Waals surface area contributed by atoms with Gasteiger partial charge >= 0.3 is 0 Å². The summed E-state index contributed by atoms with van der Waals surface area (Å²) in [5, 5.41) is 6.43. The Balaban J connectivity index is 2.77. The molecular formula is C5H7N3. The average Bonchev–Trinajstić information content (AvgIpc) is 2.19. The minimum absolute atomic E-state index is 0.924. The third-order valence-electron chi connectivity index (χ3n) is 0.798. The Morgan fingerprint density at radius 3 is 3.12 bits per heavy atom. The summed E-state index contributed by atoms with van der Waals surface area (Å²) in [7, 11) is 0. The van der Waals surface area contributed by atoms with E-state index in [9.17, 15) is 0 Å². The lowest BCUT2D eigenvalue weighted by Gasteiger charge is -1.76. The highest BCUT2D eigenvalue weighted by Crippen LogP contribution is 1.90. The molecule has 0 amide bonds. The van der Waals surface area contributed by atoms with Crippen LogP contribution in [0.15, 0.2) is 18.5 Å². The summed E-state index contributed by atoms with van der Waals surface area (Å²) in [6, 6.07) is 1.84. The molecule has 42 valence electrons. The third-order valence-corrected chi connectivity index (χ3v) is 0.798. The zero-order valence-corrected chi connectivity index (χ0v) is 4.33. The summed E-state index contributed by atoms with van der Waals surface area (Å²) in [6.07, 6.45) is 4.88. The van der Waals surface area contributed by atoms with Crippen molar-refractivity contribution in [1.29, 1.82) is 0 Å². The molecule has 0 bridgehead atoms. The molecule has 1 aromatic rings. The van der Waals surface area contributed by atoms with Crippen molar-refractivity contribution in [2.75, 3.05) is 0 Å². The molecule has 0 unspecified atom stereocenters. The lowest BCUT2D eigenvalue weighted by atomic mass is 10.4. The van der Waals surface area contributed by atoms with Gasteiger partial charge in [0.2, 0.25) is 0 Å². The molecule has 8 heavy (non-hydrogen) atoms. The normalized spacial score (nSPS) is 10.5. The topological polar surface area (TPSA) is 54.7 Å². The summed E-state index contributed by atoms with van der Waals surface area (Å²) in [5.74, 6) is 0. The molecular weight excluding hydrogens is 102 g/mol. The van der Waals surface area contributed by atoms with Crippen molar-refractivity contribution in [3.63, 3.8) is 0 Å². The minimum atomic E-state index is 0.924. The molecule has 0 aliphatic carbocycles. The number of nitrogens with one attached hydrogen (secondary N) is 1. The Bertz CT molecular complexity index is 164. The predicted octanol–water partition coefficient (Wildman–Crippen LogP) is 0.339. The van der Waals surface area contributed by atoms with Crippen molar-refractivity contribution < 1.29 is 0 Å². The van der Waals surface area contributed by atoms with E-state index in [1.165, 1.54) is 6.20 Å². The van der Waals surface area contributed by atoms with Gasteiger partial charge < -0.3 is 5.73 Å². The fourth-order valence-corrected chi connectivity index (χ4v) is 0.463. The van der Waals surface area contributed by atoms with Crippen LogP contribution in [0.1, 0.15) is 5.69 Å². The molecule has 1 aromatic heterocycles. The predicted molar refractivity (Wildman–Crippen MR) is 31.8 cm³/mol. The van der Waals surface area contributed by atoms with E-state index in [0.717, 1.165) is 5.69 Å². The summed E-state index contributed by atoms with van der Waals surface area (Å²) in [4.78, 5) is 0. The zero-order chi connectivity index (χ0) is 5.82. The van der Waals surface area contributed by atoms with Gasteiger partial charge in [0.15, 0.2) is 0 Å². The molecule has 3 heteroatoms. The van der Waals surface area contributed by atoms with Crippen molar-refractivity contribution in [1.82, 2.24) is 10.2 Å². The van der Waals surface area contributed by atoms with Crippen LogP contribution in [0.25, 0.3) is 6.08 Å². The number of hydrogen-bond acceptors (Lipinski definition) is 2. The van der Waals surface area contributed by atoms with Crippen LogP contribution in [0.2, 0.25) is 0 Å². The van der Waals surface area contributed by atoms with E-state index in [2.05, 4.69) is 10.2 Å². The first-order valence-electron chi connectivity index (χ1n) is 2.31. The summed E-state index contributed by atoms with van der Waals surface area (Å²) >= 11 is 0. The zero-order valence-electron chi connectivity index (χ0n) is 4.33. The van der Waals surface area contributed by atoms with Gasteiger partial charge in [-0.2, -0.15) is 5.10 Å². The van der Waals surface area contributed by atoms with E-state index in [0.29, 0.717) is 0 Å². The Hall–Kier alpha value is -1.25. The SMILES string of the molecule is N/C=C\c1ccn[nH]1. The lowest BCUT2D eigenvalue weighted by Crippen LogP contribution is -1.76. The van der Waals surface area contributed by atoms with E-state index in [4.69, 9.17) is 5.73 Å². The molecule has 0 atom stereocenters. The largest absolute Gasteiger partial charge is 0.405 e. The standard InChI is InChI=1S/C5H7N3/c6-3-1-5-2-4-7-8-5/h1-4H,6H2,(H,7,8)/b3-1-. The van der Waals surface area contributed by atoms with E-state index < -0.39 is 0 Å². The number of nitrogens with two attached hydrogens (primary N) is 1. The van der Waals surface area contributed by atoms with Crippen molar-refractivity contribution in [2.45, 2.75) is 0 Å². The molecule has 3 nitrogen and oxygen atoms in total. The molecule has 0 aromatic carbocycles. The third kappa shape index (κ3) is 0.872. The van der Waals surface area contributed by atoms with Gasteiger partial charge in [0.25, 0.3) is 0 Å². The van der Waals surface area contributed by atoms with Crippen molar-refractivity contribution in [3.8, 4) is 0 Å². The van der Waals surface area contributed by atoms with Gasteiger partial charge in [-0.3, -0.25) is 5.10 Å². The van der Waals surface area contributed by atoms with Gasteiger partial charge in [0.1, 0.15) is 0 Å². The van der Waals surface area contributed by atoms with Crippen LogP contribution < -0.4 is 5.73 Å². The maximum atomic E-state index is 5.09. The first-order chi connectivity index (χ1) is 3.93. The number of aromatic nitrogens is 2. The maximum absolute atomic E-state index is 5.09. The van der Waals surface area contributed by atoms with Crippen LogP contribution in [0.5, 0.6) is 0 Å². The van der Waals surface area contributed by atoms with Crippen LogP contribution in [-0.2, 0) is 0 Å². The number of rotatable bonds is 1. The quantitative estimate of drug-likeness (QED) is 0.546. The molecule has 0 saturated carbocycles. The fraction of sp³-hybridized carbons (Fsp3) is 0. The Morgan fingerprint density at radius 1 is 1.75 bits per heavy atom. The van der Waals surface area contributed by atoms with Crippen LogP contribution in [-0.4, -0.2) is 10.2 Å².